The van der Waals surface area contributed by atoms with E-state index in [1.807, 2.05) is 12.3 Å². The van der Waals surface area contributed by atoms with Crippen LogP contribution in [-0.2, 0) is 6.54 Å². The molecule has 3 rings (SSSR count). The lowest BCUT2D eigenvalue weighted by atomic mass is 10.1. The van der Waals surface area contributed by atoms with Crippen molar-refractivity contribution >= 4 is 29.0 Å². The second kappa shape index (κ2) is 7.80. The Labute approximate surface area is 155 Å². The number of aromatic nitrogens is 2. The van der Waals surface area contributed by atoms with Gasteiger partial charge in [0.05, 0.1) is 12.1 Å². The van der Waals surface area contributed by atoms with Crippen LogP contribution in [-0.4, -0.2) is 15.9 Å². The fraction of sp³-hybridized carbons (Fsp3) is 0.211. The number of pyridine rings is 1. The van der Waals surface area contributed by atoms with Gasteiger partial charge >= 0.3 is 0 Å². The number of hydrogen-bond donors (Lipinski definition) is 1. The molecular weight excluding hydrogens is 350 g/mol. The second-order valence-electron chi connectivity index (χ2n) is 5.77. The molecule has 1 amide bonds. The van der Waals surface area contributed by atoms with Crippen molar-refractivity contribution in [1.82, 2.24) is 15.3 Å². The van der Waals surface area contributed by atoms with Crippen molar-refractivity contribution < 1.29 is 4.79 Å². The standard InChI is InChI=1S/C19H19N3OS2/c1-12-6-7-15(9-13(12)2)25-19-16(5-4-8-20-19)18(23)21-10-17-22-14(3)11-24-17/h4-9,11H,10H2,1-3H3,(H,21,23). The van der Waals surface area contributed by atoms with E-state index in [9.17, 15) is 4.79 Å². The zero-order valence-electron chi connectivity index (χ0n) is 14.4. The minimum absolute atomic E-state index is 0.132. The Hall–Kier alpha value is -2.18. The van der Waals surface area contributed by atoms with Crippen molar-refractivity contribution in [1.29, 1.82) is 0 Å². The number of amides is 1. The van der Waals surface area contributed by atoms with E-state index in [1.165, 1.54) is 22.9 Å². The highest BCUT2D eigenvalue weighted by Crippen LogP contribution is 2.30. The minimum atomic E-state index is -0.132. The summed E-state index contributed by atoms with van der Waals surface area (Å²) in [5.41, 5.74) is 4.04. The summed E-state index contributed by atoms with van der Waals surface area (Å²) in [7, 11) is 0. The van der Waals surface area contributed by atoms with E-state index in [2.05, 4.69) is 47.3 Å². The number of rotatable bonds is 5. The topological polar surface area (TPSA) is 54.9 Å². The summed E-state index contributed by atoms with van der Waals surface area (Å²) in [6.07, 6.45) is 1.71. The maximum atomic E-state index is 12.6. The summed E-state index contributed by atoms with van der Waals surface area (Å²) in [6, 6.07) is 9.85. The normalized spacial score (nSPS) is 10.7. The van der Waals surface area contributed by atoms with Crippen molar-refractivity contribution in [3.63, 3.8) is 0 Å². The van der Waals surface area contributed by atoms with Crippen LogP contribution >= 0.6 is 23.1 Å². The second-order valence-corrected chi connectivity index (χ2v) is 7.77. The highest BCUT2D eigenvalue weighted by molar-refractivity contribution is 7.99. The molecule has 0 saturated carbocycles. The van der Waals surface area contributed by atoms with Gasteiger partial charge in [-0.1, -0.05) is 17.8 Å². The van der Waals surface area contributed by atoms with Crippen LogP contribution in [0.5, 0.6) is 0 Å². The molecule has 0 unspecified atom stereocenters. The Morgan fingerprint density at radius 3 is 2.76 bits per heavy atom. The fourth-order valence-electron chi connectivity index (χ4n) is 2.27. The summed E-state index contributed by atoms with van der Waals surface area (Å²) in [6.45, 7) is 6.55. The van der Waals surface area contributed by atoms with E-state index in [1.54, 1.807) is 29.7 Å². The Kier molecular flexibility index (Phi) is 5.50. The first-order valence-electron chi connectivity index (χ1n) is 7.92. The molecule has 0 aliphatic rings. The van der Waals surface area contributed by atoms with Crippen molar-refractivity contribution in [3.05, 3.63) is 69.3 Å². The van der Waals surface area contributed by atoms with Crippen LogP contribution in [0.3, 0.4) is 0 Å². The molecule has 0 aliphatic heterocycles. The van der Waals surface area contributed by atoms with Crippen LogP contribution < -0.4 is 5.32 Å². The Bertz CT molecular complexity index is 905. The van der Waals surface area contributed by atoms with E-state index in [0.717, 1.165) is 15.6 Å². The molecular formula is C19H19N3OS2. The van der Waals surface area contributed by atoms with Gasteiger partial charge in [0.25, 0.3) is 5.91 Å². The van der Waals surface area contributed by atoms with Gasteiger partial charge in [-0.05, 0) is 56.2 Å². The van der Waals surface area contributed by atoms with Crippen LogP contribution in [0.4, 0.5) is 0 Å². The van der Waals surface area contributed by atoms with E-state index in [4.69, 9.17) is 0 Å². The molecule has 0 aliphatic carbocycles. The first-order chi connectivity index (χ1) is 12.0. The Balaban J connectivity index is 1.75. The molecule has 128 valence electrons. The number of nitrogens with one attached hydrogen (secondary N) is 1. The predicted octanol–water partition coefficient (Wildman–Crippen LogP) is 4.54. The molecule has 1 aromatic carbocycles. The molecule has 2 heterocycles. The Morgan fingerprint density at radius 2 is 2.04 bits per heavy atom. The van der Waals surface area contributed by atoms with Gasteiger partial charge in [-0.25, -0.2) is 9.97 Å². The van der Waals surface area contributed by atoms with Crippen molar-refractivity contribution in [2.24, 2.45) is 0 Å². The largest absolute Gasteiger partial charge is 0.345 e. The first kappa shape index (κ1) is 17.6. The number of aryl methyl sites for hydroxylation is 3. The lowest BCUT2D eigenvalue weighted by molar-refractivity contribution is 0.0947. The summed E-state index contributed by atoms with van der Waals surface area (Å²) in [4.78, 5) is 22.4. The molecule has 0 atom stereocenters. The van der Waals surface area contributed by atoms with Crippen molar-refractivity contribution in [3.8, 4) is 0 Å². The van der Waals surface area contributed by atoms with Crippen LogP contribution in [0, 0.1) is 20.8 Å². The zero-order chi connectivity index (χ0) is 17.8. The molecule has 1 N–H and O–H groups in total. The van der Waals surface area contributed by atoms with E-state index >= 15 is 0 Å². The molecule has 0 saturated heterocycles. The maximum Gasteiger partial charge on any atom is 0.254 e. The van der Waals surface area contributed by atoms with E-state index in [0.29, 0.717) is 17.1 Å². The number of carbonyl (C=O) groups excluding carboxylic acids is 1. The van der Waals surface area contributed by atoms with Gasteiger partial charge in [-0.3, -0.25) is 4.79 Å². The van der Waals surface area contributed by atoms with Gasteiger partial charge < -0.3 is 5.32 Å². The summed E-state index contributed by atoms with van der Waals surface area (Å²) < 4.78 is 0. The quantitative estimate of drug-likeness (QED) is 0.717. The SMILES string of the molecule is Cc1csc(CNC(=O)c2cccnc2Sc2ccc(C)c(C)c2)n1. The molecule has 6 heteroatoms. The maximum absolute atomic E-state index is 12.6. The van der Waals surface area contributed by atoms with Gasteiger partial charge in [-0.2, -0.15) is 0 Å². The van der Waals surface area contributed by atoms with Crippen LogP contribution in [0.2, 0.25) is 0 Å². The third-order valence-corrected chi connectivity index (χ3v) is 5.75. The number of nitrogens with zero attached hydrogens (tertiary/aromatic N) is 2. The summed E-state index contributed by atoms with van der Waals surface area (Å²) in [5, 5.41) is 6.52. The lowest BCUT2D eigenvalue weighted by Gasteiger charge is -2.09. The summed E-state index contributed by atoms with van der Waals surface area (Å²) >= 11 is 3.06. The van der Waals surface area contributed by atoms with Gasteiger partial charge in [0, 0.05) is 22.2 Å². The van der Waals surface area contributed by atoms with Crippen molar-refractivity contribution in [2.75, 3.05) is 0 Å². The molecule has 3 aromatic rings. The highest BCUT2D eigenvalue weighted by Gasteiger charge is 2.14. The third kappa shape index (κ3) is 4.46. The number of hydrogen-bond acceptors (Lipinski definition) is 5. The van der Waals surface area contributed by atoms with E-state index < -0.39 is 0 Å². The fourth-order valence-corrected chi connectivity index (χ4v) is 3.96. The monoisotopic (exact) mass is 369 g/mol. The average Bonchev–Trinajstić information content (AvgIpc) is 3.02. The number of thiazole rings is 1. The van der Waals surface area contributed by atoms with Gasteiger partial charge in [0.1, 0.15) is 10.0 Å². The van der Waals surface area contributed by atoms with Crippen LogP contribution in [0.25, 0.3) is 0 Å². The lowest BCUT2D eigenvalue weighted by Crippen LogP contribution is -2.23. The van der Waals surface area contributed by atoms with Gasteiger partial charge in [-0.15, -0.1) is 11.3 Å². The number of benzene rings is 1. The molecule has 4 nitrogen and oxygen atoms in total. The van der Waals surface area contributed by atoms with E-state index in [-0.39, 0.29) is 5.91 Å². The van der Waals surface area contributed by atoms with Crippen LogP contribution in [0.1, 0.15) is 32.2 Å². The molecule has 0 radical (unpaired) electrons. The number of carbonyl (C=O) groups is 1. The average molecular weight is 370 g/mol. The molecule has 0 spiro atoms. The third-order valence-electron chi connectivity index (χ3n) is 3.78. The van der Waals surface area contributed by atoms with Crippen molar-refractivity contribution in [2.45, 2.75) is 37.2 Å². The van der Waals surface area contributed by atoms with Gasteiger partial charge in [0.2, 0.25) is 0 Å². The molecule has 0 fully saturated rings. The minimum Gasteiger partial charge on any atom is -0.345 e. The summed E-state index contributed by atoms with van der Waals surface area (Å²) in [5.74, 6) is -0.132. The Morgan fingerprint density at radius 1 is 1.20 bits per heavy atom. The molecule has 25 heavy (non-hydrogen) atoms. The zero-order valence-corrected chi connectivity index (χ0v) is 16.0. The predicted molar refractivity (Wildman–Crippen MR) is 102 cm³/mol. The molecule has 0 bridgehead atoms. The van der Waals surface area contributed by atoms with Crippen LogP contribution in [0.15, 0.2) is 51.8 Å². The smallest absolute Gasteiger partial charge is 0.254 e. The highest BCUT2D eigenvalue weighted by atomic mass is 32.2. The van der Waals surface area contributed by atoms with Gasteiger partial charge in [0.15, 0.2) is 0 Å². The first-order valence-corrected chi connectivity index (χ1v) is 9.62. The molecule has 2 aromatic heterocycles.